The molecule has 50 valence electrons. The summed E-state index contributed by atoms with van der Waals surface area (Å²) in [6, 6.07) is 0. The van der Waals surface area contributed by atoms with Crippen molar-refractivity contribution >= 4 is 7.85 Å². The molecule has 2 radical (unpaired) electrons. The molecule has 0 unspecified atom stereocenters. The molecule has 0 spiro atoms. The molecule has 0 aliphatic heterocycles. The molecule has 0 nitrogen and oxygen atoms in total. The minimum atomic E-state index is 0.819. The number of hydrogen-bond donors (Lipinski definition) is 0. The molecule has 0 aromatic rings. The summed E-state index contributed by atoms with van der Waals surface area (Å²) in [5, 5.41) is 0. The van der Waals surface area contributed by atoms with Gasteiger partial charge in [0.25, 0.3) is 0 Å². The molecule has 0 rings (SSSR count). The summed E-state index contributed by atoms with van der Waals surface area (Å²) >= 11 is 0. The van der Waals surface area contributed by atoms with E-state index in [0.717, 1.165) is 12.7 Å². The van der Waals surface area contributed by atoms with Gasteiger partial charge in [-0.15, -0.1) is 0 Å². The lowest BCUT2D eigenvalue weighted by molar-refractivity contribution is 1.08. The fraction of sp³-hybridized carbons (Fsp3) is 1.00. The zero-order valence-electron chi connectivity index (χ0n) is 6.99. The van der Waals surface area contributed by atoms with E-state index in [-0.39, 0.29) is 0 Å². The van der Waals surface area contributed by atoms with E-state index in [2.05, 4.69) is 6.92 Å². The van der Waals surface area contributed by atoms with Gasteiger partial charge in [0.1, 0.15) is 0 Å². The van der Waals surface area contributed by atoms with Crippen molar-refractivity contribution in [3.63, 3.8) is 0 Å². The summed E-state index contributed by atoms with van der Waals surface area (Å²) in [7, 11) is 5.03. The zero-order valence-corrected chi connectivity index (χ0v) is 6.99. The Morgan fingerprint density at radius 3 is 1.12 bits per heavy atom. The molecular weight excluding hydrogens is 94.9 g/mol. The molecule has 0 N–H and O–H groups in total. The molecular formula is C7H19B. The van der Waals surface area contributed by atoms with Crippen LogP contribution in [-0.2, 0) is 0 Å². The van der Waals surface area contributed by atoms with Gasteiger partial charge in [0.15, 0.2) is 0 Å². The SMILES string of the molecule is CC.CC.[B]CCC. The van der Waals surface area contributed by atoms with Crippen LogP contribution in [0.2, 0.25) is 6.32 Å². The predicted molar refractivity (Wildman–Crippen MR) is 43.5 cm³/mol. The fourth-order valence-electron chi connectivity index (χ4n) is 0. The van der Waals surface area contributed by atoms with Gasteiger partial charge >= 0.3 is 0 Å². The highest BCUT2D eigenvalue weighted by Gasteiger charge is 1.57. The average molecular weight is 114 g/mol. The van der Waals surface area contributed by atoms with Crippen LogP contribution in [0.1, 0.15) is 41.0 Å². The fourth-order valence-corrected chi connectivity index (χ4v) is 0. The van der Waals surface area contributed by atoms with Crippen LogP contribution < -0.4 is 0 Å². The van der Waals surface area contributed by atoms with Crippen LogP contribution in [0.3, 0.4) is 0 Å². The van der Waals surface area contributed by atoms with Gasteiger partial charge in [0.05, 0.1) is 7.85 Å². The Hall–Kier alpha value is 0.0649. The molecule has 0 heterocycles. The van der Waals surface area contributed by atoms with Crippen molar-refractivity contribution in [1.29, 1.82) is 0 Å². The van der Waals surface area contributed by atoms with E-state index in [1.165, 1.54) is 0 Å². The number of hydrogen-bond acceptors (Lipinski definition) is 0. The van der Waals surface area contributed by atoms with Gasteiger partial charge in [-0.2, -0.15) is 0 Å². The maximum absolute atomic E-state index is 5.03. The van der Waals surface area contributed by atoms with Gasteiger partial charge in [-0.3, -0.25) is 0 Å². The van der Waals surface area contributed by atoms with Crippen molar-refractivity contribution < 1.29 is 0 Å². The van der Waals surface area contributed by atoms with Gasteiger partial charge in [-0.25, -0.2) is 0 Å². The Bertz CT molecular complexity index is 6.35. The summed E-state index contributed by atoms with van der Waals surface area (Å²) in [6.07, 6.45) is 1.92. The van der Waals surface area contributed by atoms with Crippen molar-refractivity contribution in [1.82, 2.24) is 0 Å². The quantitative estimate of drug-likeness (QED) is 0.459. The van der Waals surface area contributed by atoms with E-state index in [0.29, 0.717) is 0 Å². The van der Waals surface area contributed by atoms with Crippen LogP contribution in [0, 0.1) is 0 Å². The van der Waals surface area contributed by atoms with Crippen molar-refractivity contribution in [3.8, 4) is 0 Å². The monoisotopic (exact) mass is 114 g/mol. The Balaban J connectivity index is -0.0000000542. The lowest BCUT2D eigenvalue weighted by Crippen LogP contribution is -1.55. The molecule has 0 aromatic carbocycles. The largest absolute Gasteiger partial charge is 0.0889 e. The van der Waals surface area contributed by atoms with Gasteiger partial charge in [-0.1, -0.05) is 47.4 Å². The van der Waals surface area contributed by atoms with Crippen LogP contribution in [-0.4, -0.2) is 7.85 Å². The third-order valence-corrected chi connectivity index (χ3v) is 0.289. The van der Waals surface area contributed by atoms with E-state index in [9.17, 15) is 0 Å². The lowest BCUT2D eigenvalue weighted by atomic mass is 10.0. The first-order chi connectivity index (χ1) is 3.91. The molecule has 0 aromatic heterocycles. The summed E-state index contributed by atoms with van der Waals surface area (Å²) in [6.45, 7) is 10.1. The Morgan fingerprint density at radius 2 is 1.12 bits per heavy atom. The lowest BCUT2D eigenvalue weighted by Gasteiger charge is -1.67. The Labute approximate surface area is 56.1 Å². The number of rotatable bonds is 1. The van der Waals surface area contributed by atoms with Crippen LogP contribution in [0.15, 0.2) is 0 Å². The van der Waals surface area contributed by atoms with Crippen molar-refractivity contribution in [2.75, 3.05) is 0 Å². The zero-order chi connectivity index (χ0) is 7.41. The van der Waals surface area contributed by atoms with Crippen LogP contribution in [0.25, 0.3) is 0 Å². The second-order valence-electron chi connectivity index (χ2n) is 0.789. The van der Waals surface area contributed by atoms with E-state index < -0.39 is 0 Å². The van der Waals surface area contributed by atoms with E-state index in [1.807, 2.05) is 27.7 Å². The highest BCUT2D eigenvalue weighted by Crippen LogP contribution is 1.73. The molecule has 0 saturated carbocycles. The Morgan fingerprint density at radius 1 is 1.00 bits per heavy atom. The first kappa shape index (κ1) is 15.7. The van der Waals surface area contributed by atoms with E-state index >= 15 is 0 Å². The molecule has 0 fully saturated rings. The van der Waals surface area contributed by atoms with E-state index in [1.54, 1.807) is 0 Å². The maximum atomic E-state index is 5.03. The standard InChI is InChI=1S/C3H7B.2C2H6/c1-2-3-4;2*1-2/h2-3H2,1H3;2*1-2H3. The molecule has 0 bridgehead atoms. The normalized spacial score (nSPS) is 5.12. The van der Waals surface area contributed by atoms with Crippen LogP contribution in [0.5, 0.6) is 0 Å². The van der Waals surface area contributed by atoms with Gasteiger partial charge < -0.3 is 0 Å². The minimum absolute atomic E-state index is 0.819. The third-order valence-electron chi connectivity index (χ3n) is 0.289. The molecule has 8 heavy (non-hydrogen) atoms. The smallest absolute Gasteiger partial charge is 0.0652 e. The second-order valence-corrected chi connectivity index (χ2v) is 0.789. The minimum Gasteiger partial charge on any atom is -0.0889 e. The third kappa shape index (κ3) is 137. The predicted octanol–water partition coefficient (Wildman–Crippen LogP) is 3.04. The molecule has 0 saturated heterocycles. The maximum Gasteiger partial charge on any atom is 0.0652 e. The van der Waals surface area contributed by atoms with Gasteiger partial charge in [0.2, 0.25) is 0 Å². The average Bonchev–Trinajstić information content (AvgIpc) is 1.96. The first-order valence-corrected chi connectivity index (χ1v) is 3.62. The molecule has 0 amide bonds. The Kier molecular flexibility index (Phi) is 120. The summed E-state index contributed by atoms with van der Waals surface area (Å²) in [5.41, 5.74) is 0. The van der Waals surface area contributed by atoms with Crippen molar-refractivity contribution in [2.45, 2.75) is 47.4 Å². The molecule has 0 aliphatic rings. The molecule has 0 aliphatic carbocycles. The van der Waals surface area contributed by atoms with Crippen LogP contribution >= 0.6 is 0 Å². The highest BCUT2D eigenvalue weighted by atomic mass is 13.5. The summed E-state index contributed by atoms with van der Waals surface area (Å²) in [4.78, 5) is 0. The summed E-state index contributed by atoms with van der Waals surface area (Å²) in [5.74, 6) is 0. The molecule has 1 heteroatoms. The topological polar surface area (TPSA) is 0 Å². The van der Waals surface area contributed by atoms with Crippen molar-refractivity contribution in [3.05, 3.63) is 0 Å². The molecule has 0 atom stereocenters. The second kappa shape index (κ2) is 60.9. The van der Waals surface area contributed by atoms with Crippen molar-refractivity contribution in [2.24, 2.45) is 0 Å². The van der Waals surface area contributed by atoms with Gasteiger partial charge in [0, 0.05) is 0 Å². The van der Waals surface area contributed by atoms with Gasteiger partial charge in [-0.05, 0) is 0 Å². The highest BCUT2D eigenvalue weighted by molar-refractivity contribution is 6.08. The van der Waals surface area contributed by atoms with E-state index in [4.69, 9.17) is 7.85 Å². The first-order valence-electron chi connectivity index (χ1n) is 3.62. The summed E-state index contributed by atoms with van der Waals surface area (Å²) < 4.78 is 0. The van der Waals surface area contributed by atoms with Crippen LogP contribution in [0.4, 0.5) is 0 Å².